The van der Waals surface area contributed by atoms with E-state index >= 15 is 0 Å². The predicted octanol–water partition coefficient (Wildman–Crippen LogP) is 1.27. The molecule has 0 fully saturated rings. The molecule has 0 bridgehead atoms. The van der Waals surface area contributed by atoms with Crippen molar-refractivity contribution >= 4 is 29.7 Å². The number of nitrogens with two attached hydrogens (primary N) is 2. The maximum atomic E-state index is 11.0. The van der Waals surface area contributed by atoms with E-state index < -0.39 is 5.97 Å². The van der Waals surface area contributed by atoms with E-state index in [1.807, 2.05) is 0 Å². The summed E-state index contributed by atoms with van der Waals surface area (Å²) in [6, 6.07) is 3.16. The van der Waals surface area contributed by atoms with Gasteiger partial charge in [-0.25, -0.2) is 0 Å². The van der Waals surface area contributed by atoms with Crippen molar-refractivity contribution in [2.75, 3.05) is 6.61 Å². The van der Waals surface area contributed by atoms with Crippen molar-refractivity contribution in [3.05, 3.63) is 22.7 Å². The number of halogens is 1. The molecule has 0 saturated heterocycles. The van der Waals surface area contributed by atoms with Crippen LogP contribution in [0.25, 0.3) is 0 Å². The van der Waals surface area contributed by atoms with Crippen LogP contribution in [0.3, 0.4) is 0 Å². The average Bonchev–Trinajstić information content (AvgIpc) is 2.33. The Kier molecular flexibility index (Phi) is 5.79. The van der Waals surface area contributed by atoms with Gasteiger partial charge in [-0.05, 0) is 19.1 Å². The van der Waals surface area contributed by atoms with Crippen LogP contribution in [-0.2, 0) is 4.79 Å². The van der Waals surface area contributed by atoms with E-state index in [2.05, 4.69) is 10.2 Å². The average molecular weight is 299 g/mol. The Hall–Kier alpha value is -2.28. The molecule has 1 aromatic rings. The molecule has 0 spiro atoms. The van der Waals surface area contributed by atoms with Crippen molar-refractivity contribution in [3.63, 3.8) is 0 Å². The molecule has 7 nitrogen and oxygen atoms in total. The van der Waals surface area contributed by atoms with E-state index in [1.165, 1.54) is 13.1 Å². The van der Waals surface area contributed by atoms with Gasteiger partial charge in [0.2, 0.25) is 5.96 Å². The monoisotopic (exact) mass is 298 g/mol. The van der Waals surface area contributed by atoms with Crippen LogP contribution in [0.1, 0.15) is 19.4 Å². The first-order valence-electron chi connectivity index (χ1n) is 5.70. The zero-order valence-electron chi connectivity index (χ0n) is 11.1. The summed E-state index contributed by atoms with van der Waals surface area (Å²) in [5.74, 6) is -0.148. The Bertz CT molecular complexity index is 554. The lowest BCUT2D eigenvalue weighted by molar-refractivity contribution is -0.132. The van der Waals surface area contributed by atoms with Gasteiger partial charge in [0.15, 0.2) is 11.5 Å². The fourth-order valence-electron chi connectivity index (χ4n) is 1.33. The first-order valence-corrected chi connectivity index (χ1v) is 6.08. The highest BCUT2D eigenvalue weighted by atomic mass is 35.5. The third kappa shape index (κ3) is 4.77. The van der Waals surface area contributed by atoms with Crippen LogP contribution in [0.2, 0.25) is 5.02 Å². The number of hydrogen-bond donors (Lipinski definition) is 2. The van der Waals surface area contributed by atoms with E-state index in [0.29, 0.717) is 17.9 Å². The third-order valence-corrected chi connectivity index (χ3v) is 2.24. The second-order valence-corrected chi connectivity index (χ2v) is 4.03. The lowest BCUT2D eigenvalue weighted by Gasteiger charge is -2.12. The first kappa shape index (κ1) is 15.8. The fourth-order valence-corrected chi connectivity index (χ4v) is 1.59. The van der Waals surface area contributed by atoms with Crippen LogP contribution >= 0.6 is 11.6 Å². The van der Waals surface area contributed by atoms with Gasteiger partial charge in [-0.1, -0.05) is 11.6 Å². The molecule has 1 aromatic carbocycles. The molecule has 0 aliphatic heterocycles. The van der Waals surface area contributed by atoms with Crippen LogP contribution < -0.4 is 20.9 Å². The van der Waals surface area contributed by atoms with Gasteiger partial charge in [-0.2, -0.15) is 5.10 Å². The molecule has 0 amide bonds. The van der Waals surface area contributed by atoms with Crippen molar-refractivity contribution in [1.82, 2.24) is 0 Å². The largest absolute Gasteiger partial charge is 0.490 e. The van der Waals surface area contributed by atoms with E-state index in [9.17, 15) is 4.79 Å². The summed E-state index contributed by atoms with van der Waals surface area (Å²) in [6.07, 6.45) is 1.39. The Labute approximate surface area is 121 Å². The molecular formula is C12H15ClN4O3. The molecule has 0 radical (unpaired) electrons. The van der Waals surface area contributed by atoms with Gasteiger partial charge in [0, 0.05) is 12.5 Å². The standard InChI is InChI=1S/C12H15ClN4O3/c1-3-19-10-5-8(6-16-17-12(14)15)4-9(13)11(10)20-7(2)18/h4-6H,3H2,1-2H3,(H4,14,15,17). The predicted molar refractivity (Wildman–Crippen MR) is 77.3 cm³/mol. The van der Waals surface area contributed by atoms with Gasteiger partial charge in [0.05, 0.1) is 17.8 Å². The van der Waals surface area contributed by atoms with Crippen LogP contribution in [0.15, 0.2) is 22.3 Å². The van der Waals surface area contributed by atoms with Gasteiger partial charge in [0.1, 0.15) is 0 Å². The van der Waals surface area contributed by atoms with Crippen molar-refractivity contribution in [2.24, 2.45) is 21.7 Å². The Balaban J connectivity index is 3.15. The highest BCUT2D eigenvalue weighted by Gasteiger charge is 2.14. The number of carbonyl (C=O) groups excluding carboxylic acids is 1. The van der Waals surface area contributed by atoms with Gasteiger partial charge >= 0.3 is 5.97 Å². The smallest absolute Gasteiger partial charge is 0.308 e. The lowest BCUT2D eigenvalue weighted by Crippen LogP contribution is -2.21. The summed E-state index contributed by atoms with van der Waals surface area (Å²) >= 11 is 6.05. The van der Waals surface area contributed by atoms with Gasteiger partial charge in [0.25, 0.3) is 0 Å². The number of ether oxygens (including phenoxy) is 2. The van der Waals surface area contributed by atoms with Crippen LogP contribution in [0.5, 0.6) is 11.5 Å². The van der Waals surface area contributed by atoms with Gasteiger partial charge in [-0.3, -0.25) is 4.79 Å². The minimum absolute atomic E-state index is 0.158. The second-order valence-electron chi connectivity index (χ2n) is 3.63. The van der Waals surface area contributed by atoms with E-state index in [1.54, 1.807) is 19.1 Å². The fraction of sp³-hybridized carbons (Fsp3) is 0.250. The maximum Gasteiger partial charge on any atom is 0.308 e. The SMILES string of the molecule is CCOc1cc(C=NN=C(N)N)cc(Cl)c1OC(C)=O. The molecule has 0 aliphatic carbocycles. The topological polar surface area (TPSA) is 112 Å². The minimum atomic E-state index is -0.491. The number of benzene rings is 1. The zero-order valence-corrected chi connectivity index (χ0v) is 11.8. The summed E-state index contributed by atoms with van der Waals surface area (Å²) in [4.78, 5) is 11.0. The zero-order chi connectivity index (χ0) is 15.1. The van der Waals surface area contributed by atoms with Gasteiger partial charge in [-0.15, -0.1) is 5.10 Å². The van der Waals surface area contributed by atoms with Crippen molar-refractivity contribution in [1.29, 1.82) is 0 Å². The van der Waals surface area contributed by atoms with E-state index in [-0.39, 0.29) is 16.7 Å². The molecule has 0 aromatic heterocycles. The summed E-state index contributed by atoms with van der Waals surface area (Å²) in [7, 11) is 0. The number of hydrogen-bond acceptors (Lipinski definition) is 5. The van der Waals surface area contributed by atoms with Crippen LogP contribution in [0, 0.1) is 0 Å². The number of carbonyl (C=O) groups is 1. The van der Waals surface area contributed by atoms with E-state index in [4.69, 9.17) is 32.5 Å². The quantitative estimate of drug-likeness (QED) is 0.279. The molecule has 1 rings (SSSR count). The Morgan fingerprint density at radius 1 is 1.45 bits per heavy atom. The second kappa shape index (κ2) is 7.34. The first-order chi connectivity index (χ1) is 9.43. The Morgan fingerprint density at radius 3 is 2.70 bits per heavy atom. The molecule has 108 valence electrons. The molecule has 0 saturated carbocycles. The van der Waals surface area contributed by atoms with Crippen molar-refractivity contribution in [2.45, 2.75) is 13.8 Å². The van der Waals surface area contributed by atoms with Crippen LogP contribution in [0.4, 0.5) is 0 Å². The summed E-state index contributed by atoms with van der Waals surface area (Å²) in [5.41, 5.74) is 10.9. The third-order valence-electron chi connectivity index (χ3n) is 1.96. The molecule has 0 aliphatic rings. The van der Waals surface area contributed by atoms with E-state index in [0.717, 1.165) is 0 Å². The number of esters is 1. The molecule has 20 heavy (non-hydrogen) atoms. The number of nitrogens with zero attached hydrogens (tertiary/aromatic N) is 2. The minimum Gasteiger partial charge on any atom is -0.490 e. The molecule has 0 atom stereocenters. The molecule has 4 N–H and O–H groups in total. The Morgan fingerprint density at radius 2 is 2.15 bits per heavy atom. The number of guanidine groups is 1. The highest BCUT2D eigenvalue weighted by Crippen LogP contribution is 2.36. The molecular weight excluding hydrogens is 284 g/mol. The molecule has 0 heterocycles. The van der Waals surface area contributed by atoms with Crippen molar-refractivity contribution < 1.29 is 14.3 Å². The maximum absolute atomic E-state index is 11.0. The van der Waals surface area contributed by atoms with Crippen molar-refractivity contribution in [3.8, 4) is 11.5 Å². The molecule has 8 heteroatoms. The lowest BCUT2D eigenvalue weighted by atomic mass is 10.2. The summed E-state index contributed by atoms with van der Waals surface area (Å²) in [5, 5.41) is 7.35. The van der Waals surface area contributed by atoms with Crippen LogP contribution in [-0.4, -0.2) is 24.8 Å². The number of rotatable bonds is 5. The van der Waals surface area contributed by atoms with Gasteiger partial charge < -0.3 is 20.9 Å². The normalized spacial score (nSPS) is 10.3. The summed E-state index contributed by atoms with van der Waals surface area (Å²) in [6.45, 7) is 3.46. The highest BCUT2D eigenvalue weighted by molar-refractivity contribution is 6.32. The molecule has 0 unspecified atom stereocenters. The summed E-state index contributed by atoms with van der Waals surface area (Å²) < 4.78 is 10.4.